The zero-order valence-corrected chi connectivity index (χ0v) is 14.8. The van der Waals surface area contributed by atoms with Crippen LogP contribution in [0.4, 0.5) is 0 Å². The summed E-state index contributed by atoms with van der Waals surface area (Å²) in [6.45, 7) is 5.00. The first-order valence-electron chi connectivity index (χ1n) is 8.34. The monoisotopic (exact) mass is 353 g/mol. The Hall–Kier alpha value is -0.380. The van der Waals surface area contributed by atoms with E-state index in [0.29, 0.717) is 6.61 Å². The lowest BCUT2D eigenvalue weighted by molar-refractivity contribution is -0.0656. The van der Waals surface area contributed by atoms with Gasteiger partial charge >= 0.3 is 0 Å². The van der Waals surface area contributed by atoms with Crippen LogP contribution in [0.5, 0.6) is 0 Å². The quantitative estimate of drug-likeness (QED) is 0.546. The van der Waals surface area contributed by atoms with Crippen molar-refractivity contribution in [1.82, 2.24) is 5.32 Å². The number of benzene rings is 1. The fourth-order valence-corrected chi connectivity index (χ4v) is 3.48. The second-order valence-electron chi connectivity index (χ2n) is 6.15. The predicted octanol–water partition coefficient (Wildman–Crippen LogP) is 5.06. The molecule has 0 heterocycles. The third kappa shape index (κ3) is 5.39. The summed E-state index contributed by atoms with van der Waals surface area (Å²) in [6.07, 6.45) is 8.86. The summed E-state index contributed by atoms with van der Waals surface area (Å²) < 4.78 is 7.62. The molecule has 1 aliphatic carbocycles. The molecular weight excluding hydrogens is 326 g/mol. The second kappa shape index (κ2) is 8.92. The molecule has 0 radical (unpaired) electrons. The fourth-order valence-electron chi connectivity index (χ4n) is 3.08. The Morgan fingerprint density at radius 1 is 1.14 bits per heavy atom. The first-order chi connectivity index (χ1) is 10.3. The molecule has 0 saturated heterocycles. The fraction of sp³-hybridized carbons (Fsp3) is 0.667. The highest BCUT2D eigenvalue weighted by Crippen LogP contribution is 2.31. The van der Waals surface area contributed by atoms with Gasteiger partial charge < -0.3 is 10.1 Å². The highest BCUT2D eigenvalue weighted by atomic mass is 79.9. The summed E-state index contributed by atoms with van der Waals surface area (Å²) in [5.74, 6) is 0. The lowest BCUT2D eigenvalue weighted by atomic mass is 9.93. The van der Waals surface area contributed by atoms with E-state index >= 15 is 0 Å². The summed E-state index contributed by atoms with van der Waals surface area (Å²) in [4.78, 5) is 0. The van der Waals surface area contributed by atoms with Crippen molar-refractivity contribution in [2.24, 2.45) is 0 Å². The van der Waals surface area contributed by atoms with E-state index in [9.17, 15) is 0 Å². The summed E-state index contributed by atoms with van der Waals surface area (Å²) >= 11 is 3.62. The van der Waals surface area contributed by atoms with Gasteiger partial charge in [0, 0.05) is 11.0 Å². The van der Waals surface area contributed by atoms with Crippen LogP contribution < -0.4 is 5.32 Å². The van der Waals surface area contributed by atoms with E-state index < -0.39 is 0 Å². The molecule has 0 amide bonds. The summed E-state index contributed by atoms with van der Waals surface area (Å²) in [5.41, 5.74) is 1.28. The molecule has 0 unspecified atom stereocenters. The number of halogens is 1. The summed E-state index contributed by atoms with van der Waals surface area (Å²) in [6, 6.07) is 8.37. The van der Waals surface area contributed by atoms with Gasteiger partial charge in [0.2, 0.25) is 0 Å². The van der Waals surface area contributed by atoms with E-state index in [4.69, 9.17) is 4.74 Å². The van der Waals surface area contributed by atoms with Gasteiger partial charge in [-0.1, -0.05) is 66.7 Å². The van der Waals surface area contributed by atoms with E-state index in [1.165, 1.54) is 50.5 Å². The first-order valence-corrected chi connectivity index (χ1v) is 9.13. The second-order valence-corrected chi connectivity index (χ2v) is 7.01. The van der Waals surface area contributed by atoms with Crippen molar-refractivity contribution in [1.29, 1.82) is 0 Å². The van der Waals surface area contributed by atoms with Crippen LogP contribution in [0, 0.1) is 0 Å². The smallest absolute Gasteiger partial charge is 0.0810 e. The maximum absolute atomic E-state index is 6.47. The predicted molar refractivity (Wildman–Crippen MR) is 92.5 cm³/mol. The zero-order valence-electron chi connectivity index (χ0n) is 13.2. The molecule has 1 N–H and O–H groups in total. The molecule has 1 aromatic rings. The Balaban J connectivity index is 1.99. The normalized spacial score (nSPS) is 18.4. The molecule has 1 saturated carbocycles. The van der Waals surface area contributed by atoms with Crippen LogP contribution >= 0.6 is 15.9 Å². The number of hydrogen-bond acceptors (Lipinski definition) is 2. The molecule has 2 nitrogen and oxygen atoms in total. The van der Waals surface area contributed by atoms with Crippen molar-refractivity contribution in [2.45, 2.75) is 64.1 Å². The Morgan fingerprint density at radius 3 is 2.52 bits per heavy atom. The van der Waals surface area contributed by atoms with Gasteiger partial charge in [-0.05, 0) is 37.4 Å². The molecule has 2 rings (SSSR count). The van der Waals surface area contributed by atoms with Crippen molar-refractivity contribution in [3.05, 3.63) is 34.3 Å². The van der Waals surface area contributed by atoms with Gasteiger partial charge in [-0.25, -0.2) is 0 Å². The van der Waals surface area contributed by atoms with Crippen LogP contribution in [0.1, 0.15) is 57.4 Å². The minimum Gasteiger partial charge on any atom is -0.369 e. The van der Waals surface area contributed by atoms with Crippen molar-refractivity contribution < 1.29 is 4.74 Å². The van der Waals surface area contributed by atoms with Gasteiger partial charge in [-0.2, -0.15) is 0 Å². The van der Waals surface area contributed by atoms with Crippen molar-refractivity contribution in [3.8, 4) is 0 Å². The zero-order chi connectivity index (χ0) is 15.0. The minimum absolute atomic E-state index is 0.0287. The Labute approximate surface area is 137 Å². The number of nitrogens with one attached hydrogen (secondary N) is 1. The highest BCUT2D eigenvalue weighted by Gasteiger charge is 2.31. The van der Waals surface area contributed by atoms with E-state index in [0.717, 1.165) is 17.6 Å². The molecule has 3 heteroatoms. The van der Waals surface area contributed by atoms with E-state index in [2.05, 4.69) is 52.4 Å². The molecule has 21 heavy (non-hydrogen) atoms. The van der Waals surface area contributed by atoms with Crippen LogP contribution in [-0.2, 0) is 11.3 Å². The van der Waals surface area contributed by atoms with E-state index in [1.54, 1.807) is 0 Å². The summed E-state index contributed by atoms with van der Waals surface area (Å²) in [5, 5.41) is 3.59. The van der Waals surface area contributed by atoms with Crippen LogP contribution in [-0.4, -0.2) is 18.7 Å². The number of ether oxygens (including phenoxy) is 1. The first kappa shape index (κ1) is 17.0. The van der Waals surface area contributed by atoms with Gasteiger partial charge in [0.15, 0.2) is 0 Å². The van der Waals surface area contributed by atoms with Crippen molar-refractivity contribution in [2.75, 3.05) is 13.1 Å². The molecular formula is C18H28BrNO. The van der Waals surface area contributed by atoms with Crippen molar-refractivity contribution >= 4 is 15.9 Å². The third-order valence-electron chi connectivity index (χ3n) is 4.38. The van der Waals surface area contributed by atoms with Gasteiger partial charge in [-0.3, -0.25) is 0 Å². The largest absolute Gasteiger partial charge is 0.369 e. The van der Waals surface area contributed by atoms with E-state index in [-0.39, 0.29) is 5.60 Å². The van der Waals surface area contributed by atoms with Crippen LogP contribution in [0.15, 0.2) is 28.7 Å². The summed E-state index contributed by atoms with van der Waals surface area (Å²) in [7, 11) is 0. The molecule has 0 atom stereocenters. The highest BCUT2D eigenvalue weighted by molar-refractivity contribution is 9.10. The lowest BCUT2D eigenvalue weighted by Gasteiger charge is -2.33. The molecule has 118 valence electrons. The van der Waals surface area contributed by atoms with Gasteiger partial charge in [0.05, 0.1) is 12.2 Å². The van der Waals surface area contributed by atoms with Gasteiger partial charge in [-0.15, -0.1) is 0 Å². The molecule has 0 bridgehead atoms. The third-order valence-corrected chi connectivity index (χ3v) is 5.15. The molecule has 0 aliphatic heterocycles. The van der Waals surface area contributed by atoms with Crippen LogP contribution in [0.25, 0.3) is 0 Å². The Morgan fingerprint density at radius 2 is 1.86 bits per heavy atom. The van der Waals surface area contributed by atoms with Crippen LogP contribution in [0.2, 0.25) is 0 Å². The molecule has 1 aromatic carbocycles. The maximum Gasteiger partial charge on any atom is 0.0810 e. The average molecular weight is 354 g/mol. The average Bonchev–Trinajstić information content (AvgIpc) is 2.73. The van der Waals surface area contributed by atoms with Gasteiger partial charge in [0.1, 0.15) is 0 Å². The SMILES string of the molecule is CCCNCC1(OCc2ccccc2Br)CCCCCC1. The number of hydrogen-bond donors (Lipinski definition) is 1. The Bertz CT molecular complexity index is 413. The topological polar surface area (TPSA) is 21.3 Å². The maximum atomic E-state index is 6.47. The van der Waals surface area contributed by atoms with Crippen molar-refractivity contribution in [3.63, 3.8) is 0 Å². The van der Waals surface area contributed by atoms with E-state index in [1.807, 2.05) is 0 Å². The molecule has 0 aromatic heterocycles. The van der Waals surface area contributed by atoms with Crippen LogP contribution in [0.3, 0.4) is 0 Å². The number of rotatable bonds is 7. The minimum atomic E-state index is 0.0287. The Kier molecular flexibility index (Phi) is 7.21. The molecule has 1 aliphatic rings. The standard InChI is InChI=1S/C18H28BrNO/c1-2-13-20-15-18(11-7-3-4-8-12-18)21-14-16-9-5-6-10-17(16)19/h5-6,9-10,20H,2-4,7-8,11-15H2,1H3. The van der Waals surface area contributed by atoms with Gasteiger partial charge in [0.25, 0.3) is 0 Å². The lowest BCUT2D eigenvalue weighted by Crippen LogP contribution is -2.43. The molecule has 0 spiro atoms. The molecule has 1 fully saturated rings.